The second-order valence-electron chi connectivity index (χ2n) is 6.91. The third kappa shape index (κ3) is 2.98. The van der Waals surface area contributed by atoms with Gasteiger partial charge < -0.3 is 10.4 Å². The van der Waals surface area contributed by atoms with Crippen LogP contribution in [0.25, 0.3) is 11.1 Å². The van der Waals surface area contributed by atoms with Crippen LogP contribution < -0.4 is 5.32 Å². The number of hydrogen-bond acceptors (Lipinski definition) is 1. The lowest BCUT2D eigenvalue weighted by atomic mass is 9.70. The summed E-state index contributed by atoms with van der Waals surface area (Å²) in [5.74, 6) is -1.75. The highest BCUT2D eigenvalue weighted by atomic mass is 19.2. The maximum atomic E-state index is 13.5. The van der Waals surface area contributed by atoms with Crippen molar-refractivity contribution in [1.82, 2.24) is 5.32 Å². The van der Waals surface area contributed by atoms with Crippen molar-refractivity contribution in [2.75, 3.05) is 0 Å². The van der Waals surface area contributed by atoms with Gasteiger partial charge in [0.15, 0.2) is 11.6 Å². The van der Waals surface area contributed by atoms with E-state index in [9.17, 15) is 13.6 Å². The molecule has 1 aliphatic rings. The third-order valence-electron chi connectivity index (χ3n) is 4.79. The van der Waals surface area contributed by atoms with E-state index in [0.29, 0.717) is 5.56 Å². The van der Waals surface area contributed by atoms with Gasteiger partial charge in [-0.25, -0.2) is 13.6 Å². The van der Waals surface area contributed by atoms with Crippen molar-refractivity contribution >= 4 is 6.09 Å². The number of carboxylic acid groups (broad SMARTS) is 1. The molecule has 0 saturated carbocycles. The summed E-state index contributed by atoms with van der Waals surface area (Å²) in [6, 6.07) is 9.18. The number of hydrogen-bond donors (Lipinski definition) is 2. The Morgan fingerprint density at radius 2 is 1.79 bits per heavy atom. The SMILES string of the molecule is CC1(C)CCc2cc(-c3ccc(F)c(F)c3)ccc2[C@H]1NC(=O)O. The summed E-state index contributed by atoms with van der Waals surface area (Å²) in [6.45, 7) is 4.08. The van der Waals surface area contributed by atoms with Crippen molar-refractivity contribution in [3.8, 4) is 11.1 Å². The first-order chi connectivity index (χ1) is 11.3. The number of nitrogens with one attached hydrogen (secondary N) is 1. The van der Waals surface area contributed by atoms with Gasteiger partial charge in [0.1, 0.15) is 0 Å². The van der Waals surface area contributed by atoms with Crippen LogP contribution in [0.2, 0.25) is 0 Å². The minimum atomic E-state index is -1.05. The Morgan fingerprint density at radius 3 is 2.46 bits per heavy atom. The molecule has 0 unspecified atom stereocenters. The summed E-state index contributed by atoms with van der Waals surface area (Å²) in [6.07, 6.45) is 0.606. The van der Waals surface area contributed by atoms with Crippen molar-refractivity contribution in [1.29, 1.82) is 0 Å². The van der Waals surface area contributed by atoms with Crippen LogP contribution in [-0.2, 0) is 6.42 Å². The first-order valence-corrected chi connectivity index (χ1v) is 7.85. The molecule has 3 nitrogen and oxygen atoms in total. The van der Waals surface area contributed by atoms with Gasteiger partial charge in [-0.3, -0.25) is 0 Å². The van der Waals surface area contributed by atoms with Gasteiger partial charge in [0, 0.05) is 0 Å². The molecule has 0 aromatic heterocycles. The number of halogens is 2. The summed E-state index contributed by atoms with van der Waals surface area (Å²) in [5.41, 5.74) is 3.19. The molecule has 0 spiro atoms. The monoisotopic (exact) mass is 331 g/mol. The molecular weight excluding hydrogens is 312 g/mol. The largest absolute Gasteiger partial charge is 0.465 e. The van der Waals surface area contributed by atoms with Gasteiger partial charge in [-0.05, 0) is 52.6 Å². The zero-order valence-electron chi connectivity index (χ0n) is 13.6. The molecule has 0 fully saturated rings. The van der Waals surface area contributed by atoms with Crippen LogP contribution in [0.4, 0.5) is 13.6 Å². The van der Waals surface area contributed by atoms with Crippen LogP contribution in [0.5, 0.6) is 0 Å². The van der Waals surface area contributed by atoms with E-state index in [-0.39, 0.29) is 11.5 Å². The lowest BCUT2D eigenvalue weighted by Crippen LogP contribution is -2.40. The van der Waals surface area contributed by atoms with Gasteiger partial charge in [0.25, 0.3) is 0 Å². The molecule has 5 heteroatoms. The first-order valence-electron chi connectivity index (χ1n) is 7.85. The molecule has 2 N–H and O–H groups in total. The second kappa shape index (κ2) is 5.89. The normalized spacial score (nSPS) is 18.8. The summed E-state index contributed by atoms with van der Waals surface area (Å²) in [5, 5.41) is 11.7. The summed E-state index contributed by atoms with van der Waals surface area (Å²) in [4.78, 5) is 11.1. The summed E-state index contributed by atoms with van der Waals surface area (Å²) in [7, 11) is 0. The van der Waals surface area contributed by atoms with Crippen molar-refractivity contribution in [3.05, 3.63) is 59.2 Å². The van der Waals surface area contributed by atoms with Gasteiger partial charge >= 0.3 is 6.09 Å². The number of amides is 1. The molecule has 0 radical (unpaired) electrons. The van der Waals surface area contributed by atoms with Crippen LogP contribution in [0.15, 0.2) is 36.4 Å². The fourth-order valence-corrected chi connectivity index (χ4v) is 3.38. The van der Waals surface area contributed by atoms with Crippen molar-refractivity contribution < 1.29 is 18.7 Å². The lowest BCUT2D eigenvalue weighted by Gasteiger charge is -2.40. The quantitative estimate of drug-likeness (QED) is 0.821. The highest BCUT2D eigenvalue weighted by molar-refractivity contribution is 5.68. The van der Waals surface area contributed by atoms with E-state index in [0.717, 1.165) is 35.6 Å². The number of carbonyl (C=O) groups is 1. The predicted molar refractivity (Wildman–Crippen MR) is 87.8 cm³/mol. The molecule has 3 rings (SSSR count). The maximum absolute atomic E-state index is 13.5. The van der Waals surface area contributed by atoms with E-state index in [4.69, 9.17) is 5.11 Å². The van der Waals surface area contributed by atoms with Crippen molar-refractivity contribution in [2.45, 2.75) is 32.7 Å². The Balaban J connectivity index is 2.02. The molecule has 0 aliphatic heterocycles. The van der Waals surface area contributed by atoms with Gasteiger partial charge in [0.05, 0.1) is 6.04 Å². The van der Waals surface area contributed by atoms with Crippen molar-refractivity contribution in [2.24, 2.45) is 5.41 Å². The molecule has 24 heavy (non-hydrogen) atoms. The molecule has 126 valence electrons. The fourth-order valence-electron chi connectivity index (χ4n) is 3.38. The smallest absolute Gasteiger partial charge is 0.405 e. The average molecular weight is 331 g/mol. The molecular formula is C19H19F2NO2. The number of aryl methyl sites for hydroxylation is 1. The van der Waals surface area contributed by atoms with Crippen LogP contribution >= 0.6 is 0 Å². The first kappa shape index (κ1) is 16.4. The average Bonchev–Trinajstić information content (AvgIpc) is 2.52. The molecule has 0 saturated heterocycles. The Labute approximate surface area is 139 Å². The maximum Gasteiger partial charge on any atom is 0.405 e. The van der Waals surface area contributed by atoms with E-state index in [2.05, 4.69) is 5.32 Å². The molecule has 2 aromatic carbocycles. The zero-order valence-corrected chi connectivity index (χ0v) is 13.6. The van der Waals surface area contributed by atoms with E-state index in [1.54, 1.807) is 6.07 Å². The van der Waals surface area contributed by atoms with E-state index < -0.39 is 17.7 Å². The summed E-state index contributed by atoms with van der Waals surface area (Å²) >= 11 is 0. The number of fused-ring (bicyclic) bond motifs is 1. The highest BCUT2D eigenvalue weighted by Gasteiger charge is 2.37. The van der Waals surface area contributed by atoms with Crippen LogP contribution in [0.1, 0.15) is 37.4 Å². The molecule has 1 amide bonds. The molecule has 1 aliphatic carbocycles. The second-order valence-corrected chi connectivity index (χ2v) is 6.91. The predicted octanol–water partition coefficient (Wildman–Crippen LogP) is 4.91. The lowest BCUT2D eigenvalue weighted by molar-refractivity contribution is 0.161. The van der Waals surface area contributed by atoms with E-state index in [1.165, 1.54) is 6.07 Å². The van der Waals surface area contributed by atoms with Crippen LogP contribution in [0, 0.1) is 17.0 Å². The minimum absolute atomic E-state index is 0.186. The molecule has 0 bridgehead atoms. The third-order valence-corrected chi connectivity index (χ3v) is 4.79. The summed E-state index contributed by atoms with van der Waals surface area (Å²) < 4.78 is 26.6. The van der Waals surface area contributed by atoms with E-state index >= 15 is 0 Å². The minimum Gasteiger partial charge on any atom is -0.465 e. The van der Waals surface area contributed by atoms with E-state index in [1.807, 2.05) is 32.0 Å². The Bertz CT molecular complexity index is 802. The van der Waals surface area contributed by atoms with Crippen molar-refractivity contribution in [3.63, 3.8) is 0 Å². The number of benzene rings is 2. The standard InChI is InChI=1S/C19H19F2NO2/c1-19(2)8-7-13-9-11(12-4-6-15(20)16(21)10-12)3-5-14(13)17(19)22-18(23)24/h3-6,9-10,17,22H,7-8H2,1-2H3,(H,23,24)/t17-/m1/s1. The van der Waals surface area contributed by atoms with Gasteiger partial charge in [-0.15, -0.1) is 0 Å². The highest BCUT2D eigenvalue weighted by Crippen LogP contribution is 2.44. The number of rotatable bonds is 2. The molecule has 0 heterocycles. The van der Waals surface area contributed by atoms with Crippen LogP contribution in [0.3, 0.4) is 0 Å². The topological polar surface area (TPSA) is 49.3 Å². The molecule has 1 atom stereocenters. The Kier molecular flexibility index (Phi) is 4.03. The van der Waals surface area contributed by atoms with Gasteiger partial charge in [-0.1, -0.05) is 38.1 Å². The van der Waals surface area contributed by atoms with Gasteiger partial charge in [0.2, 0.25) is 0 Å². The Hall–Kier alpha value is -2.43. The van der Waals surface area contributed by atoms with Gasteiger partial charge in [-0.2, -0.15) is 0 Å². The Morgan fingerprint density at radius 1 is 1.12 bits per heavy atom. The zero-order chi connectivity index (χ0) is 17.5. The van der Waals surface area contributed by atoms with Crippen LogP contribution in [-0.4, -0.2) is 11.2 Å². The molecule has 2 aromatic rings. The fraction of sp³-hybridized carbons (Fsp3) is 0.316.